The van der Waals surface area contributed by atoms with Gasteiger partial charge in [-0.3, -0.25) is 4.98 Å². The first-order valence-electron chi connectivity index (χ1n) is 9.97. The summed E-state index contributed by atoms with van der Waals surface area (Å²) >= 11 is 0. The fourth-order valence-corrected chi connectivity index (χ4v) is 4.16. The molecule has 0 spiro atoms. The number of hydrogen-bond donors (Lipinski definition) is 0. The van der Waals surface area contributed by atoms with Crippen LogP contribution < -0.4 is 4.90 Å². The van der Waals surface area contributed by atoms with E-state index in [1.165, 1.54) is 16.9 Å². The lowest BCUT2D eigenvalue weighted by Crippen LogP contribution is -2.34. The summed E-state index contributed by atoms with van der Waals surface area (Å²) in [5.41, 5.74) is 2.39. The number of fused-ring (bicyclic) bond motifs is 1. The first-order chi connectivity index (χ1) is 13.2. The fourth-order valence-electron chi connectivity index (χ4n) is 4.16. The molecule has 1 fully saturated rings. The van der Waals surface area contributed by atoms with Crippen molar-refractivity contribution in [3.63, 3.8) is 0 Å². The van der Waals surface area contributed by atoms with E-state index in [1.54, 1.807) is 0 Å². The SMILES string of the molecule is CN(C)CCCn1ccnc1C1CCN(c2ccnc3ccccc23)CC1. The van der Waals surface area contributed by atoms with E-state index < -0.39 is 0 Å². The highest BCUT2D eigenvalue weighted by Gasteiger charge is 2.24. The lowest BCUT2D eigenvalue weighted by atomic mass is 9.95. The Balaban J connectivity index is 1.43. The predicted octanol–water partition coefficient (Wildman–Crippen LogP) is 3.77. The molecule has 5 heteroatoms. The molecule has 0 saturated carbocycles. The van der Waals surface area contributed by atoms with Gasteiger partial charge in [0.05, 0.1) is 5.52 Å². The van der Waals surface area contributed by atoms with E-state index in [2.05, 4.69) is 70.0 Å². The van der Waals surface area contributed by atoms with Crippen molar-refractivity contribution in [2.75, 3.05) is 38.6 Å². The molecule has 2 aromatic heterocycles. The maximum Gasteiger partial charge on any atom is 0.111 e. The molecule has 0 bridgehead atoms. The Morgan fingerprint density at radius 1 is 1.04 bits per heavy atom. The Labute approximate surface area is 161 Å². The zero-order chi connectivity index (χ0) is 18.6. The number of pyridine rings is 1. The summed E-state index contributed by atoms with van der Waals surface area (Å²) in [4.78, 5) is 14.0. The second-order valence-corrected chi connectivity index (χ2v) is 7.74. The van der Waals surface area contributed by atoms with Crippen molar-refractivity contribution in [2.24, 2.45) is 0 Å². The number of aryl methyl sites for hydroxylation is 1. The quantitative estimate of drug-likeness (QED) is 0.668. The highest BCUT2D eigenvalue weighted by molar-refractivity contribution is 5.91. The molecule has 0 amide bonds. The molecule has 0 atom stereocenters. The molecule has 0 N–H and O–H groups in total. The molecule has 0 unspecified atom stereocenters. The standard InChI is InChI=1S/C22H29N5/c1-25(2)13-5-14-27-17-12-24-22(27)18-9-15-26(16-10-18)21-8-11-23-20-7-4-3-6-19(20)21/h3-4,6-8,11-12,17-18H,5,9-10,13-16H2,1-2H3. The van der Waals surface area contributed by atoms with Gasteiger partial charge < -0.3 is 14.4 Å². The highest BCUT2D eigenvalue weighted by atomic mass is 15.1. The minimum atomic E-state index is 0.559. The number of rotatable bonds is 6. The number of piperidine rings is 1. The molecule has 1 saturated heterocycles. The van der Waals surface area contributed by atoms with Crippen molar-refractivity contribution in [3.8, 4) is 0 Å². The van der Waals surface area contributed by atoms with E-state index in [-0.39, 0.29) is 0 Å². The summed E-state index contributed by atoms with van der Waals surface area (Å²) in [5, 5.41) is 1.25. The van der Waals surface area contributed by atoms with Crippen LogP contribution >= 0.6 is 0 Å². The van der Waals surface area contributed by atoms with Crippen molar-refractivity contribution >= 4 is 16.6 Å². The number of anilines is 1. The lowest BCUT2D eigenvalue weighted by molar-refractivity contribution is 0.380. The van der Waals surface area contributed by atoms with Gasteiger partial charge in [0, 0.05) is 55.2 Å². The smallest absolute Gasteiger partial charge is 0.111 e. The van der Waals surface area contributed by atoms with Crippen LogP contribution in [0.15, 0.2) is 48.9 Å². The molecule has 142 valence electrons. The Morgan fingerprint density at radius 2 is 1.85 bits per heavy atom. The fraction of sp³-hybridized carbons (Fsp3) is 0.455. The zero-order valence-electron chi connectivity index (χ0n) is 16.4. The first kappa shape index (κ1) is 18.0. The van der Waals surface area contributed by atoms with Crippen LogP contribution in [-0.2, 0) is 6.54 Å². The van der Waals surface area contributed by atoms with Crippen LogP contribution in [0.3, 0.4) is 0 Å². The monoisotopic (exact) mass is 363 g/mol. The summed E-state index contributed by atoms with van der Waals surface area (Å²) in [6, 6.07) is 10.6. The van der Waals surface area contributed by atoms with Crippen LogP contribution in [0.5, 0.6) is 0 Å². The third kappa shape index (κ3) is 3.98. The van der Waals surface area contributed by atoms with Gasteiger partial charge in [0.25, 0.3) is 0 Å². The van der Waals surface area contributed by atoms with Gasteiger partial charge in [-0.1, -0.05) is 18.2 Å². The molecule has 1 aromatic carbocycles. The molecule has 0 radical (unpaired) electrons. The van der Waals surface area contributed by atoms with Crippen molar-refractivity contribution in [1.29, 1.82) is 0 Å². The highest BCUT2D eigenvalue weighted by Crippen LogP contribution is 2.32. The molecule has 5 nitrogen and oxygen atoms in total. The molecule has 1 aliphatic rings. The van der Waals surface area contributed by atoms with Gasteiger partial charge >= 0.3 is 0 Å². The maximum atomic E-state index is 4.71. The number of benzene rings is 1. The lowest BCUT2D eigenvalue weighted by Gasteiger charge is -2.34. The number of imidazole rings is 1. The molecule has 3 heterocycles. The molecule has 27 heavy (non-hydrogen) atoms. The number of aromatic nitrogens is 3. The second-order valence-electron chi connectivity index (χ2n) is 7.74. The zero-order valence-corrected chi connectivity index (χ0v) is 16.4. The first-order valence-corrected chi connectivity index (χ1v) is 9.97. The van der Waals surface area contributed by atoms with Crippen molar-refractivity contribution < 1.29 is 0 Å². The minimum Gasteiger partial charge on any atom is -0.371 e. The third-order valence-electron chi connectivity index (χ3n) is 5.58. The van der Waals surface area contributed by atoms with E-state index in [0.29, 0.717) is 5.92 Å². The topological polar surface area (TPSA) is 37.2 Å². The van der Waals surface area contributed by atoms with Crippen LogP contribution in [-0.4, -0.2) is 53.2 Å². The Bertz CT molecular complexity index is 872. The van der Waals surface area contributed by atoms with Gasteiger partial charge in [-0.25, -0.2) is 4.98 Å². The van der Waals surface area contributed by atoms with E-state index >= 15 is 0 Å². The largest absolute Gasteiger partial charge is 0.371 e. The second kappa shape index (κ2) is 8.09. The van der Waals surface area contributed by atoms with E-state index in [4.69, 9.17) is 4.98 Å². The summed E-state index contributed by atoms with van der Waals surface area (Å²) < 4.78 is 2.37. The Morgan fingerprint density at radius 3 is 2.67 bits per heavy atom. The average Bonchev–Trinajstić information content (AvgIpc) is 3.16. The summed E-state index contributed by atoms with van der Waals surface area (Å²) in [7, 11) is 4.26. The van der Waals surface area contributed by atoms with Gasteiger partial charge in [0.2, 0.25) is 0 Å². The van der Waals surface area contributed by atoms with Crippen LogP contribution in [0.4, 0.5) is 5.69 Å². The summed E-state index contributed by atoms with van der Waals surface area (Å²) in [6.07, 6.45) is 9.52. The van der Waals surface area contributed by atoms with E-state index in [1.807, 2.05) is 12.4 Å². The number of para-hydroxylation sites is 1. The van der Waals surface area contributed by atoms with Gasteiger partial charge in [0.15, 0.2) is 0 Å². The van der Waals surface area contributed by atoms with Crippen molar-refractivity contribution in [3.05, 3.63) is 54.7 Å². The van der Waals surface area contributed by atoms with Crippen LogP contribution in [0, 0.1) is 0 Å². The number of nitrogens with zero attached hydrogens (tertiary/aromatic N) is 5. The minimum absolute atomic E-state index is 0.559. The third-order valence-corrected chi connectivity index (χ3v) is 5.58. The molecular formula is C22H29N5. The molecule has 4 rings (SSSR count). The Hall–Kier alpha value is -2.40. The van der Waals surface area contributed by atoms with E-state index in [9.17, 15) is 0 Å². The van der Waals surface area contributed by atoms with Crippen LogP contribution in [0.25, 0.3) is 10.9 Å². The molecule has 3 aromatic rings. The average molecular weight is 364 g/mol. The van der Waals surface area contributed by atoms with Gasteiger partial charge in [-0.2, -0.15) is 0 Å². The predicted molar refractivity (Wildman–Crippen MR) is 111 cm³/mol. The van der Waals surface area contributed by atoms with Gasteiger partial charge in [0.1, 0.15) is 5.82 Å². The molecular weight excluding hydrogens is 334 g/mol. The normalized spacial score (nSPS) is 15.7. The van der Waals surface area contributed by atoms with E-state index in [0.717, 1.165) is 51.0 Å². The molecule has 1 aliphatic heterocycles. The van der Waals surface area contributed by atoms with Crippen LogP contribution in [0.1, 0.15) is 31.0 Å². The van der Waals surface area contributed by atoms with Crippen molar-refractivity contribution in [2.45, 2.75) is 31.7 Å². The maximum absolute atomic E-state index is 4.71. The van der Waals surface area contributed by atoms with Crippen LogP contribution in [0.2, 0.25) is 0 Å². The number of hydrogen-bond acceptors (Lipinski definition) is 4. The van der Waals surface area contributed by atoms with Gasteiger partial charge in [-0.05, 0) is 52.0 Å². The Kier molecular flexibility index (Phi) is 5.39. The summed E-state index contributed by atoms with van der Waals surface area (Å²) in [5.74, 6) is 1.83. The summed E-state index contributed by atoms with van der Waals surface area (Å²) in [6.45, 7) is 4.32. The van der Waals surface area contributed by atoms with Gasteiger partial charge in [-0.15, -0.1) is 0 Å². The van der Waals surface area contributed by atoms with Crippen molar-refractivity contribution in [1.82, 2.24) is 19.4 Å². The molecule has 0 aliphatic carbocycles.